The van der Waals surface area contributed by atoms with Crippen molar-refractivity contribution in [2.75, 3.05) is 13.1 Å². The molecule has 3 nitrogen and oxygen atoms in total. The maximum atomic E-state index is 5.46. The maximum Gasteiger partial charge on any atom is 0.132 e. The number of hydrogen-bond acceptors (Lipinski definition) is 3. The second kappa shape index (κ2) is 10.8. The summed E-state index contributed by atoms with van der Waals surface area (Å²) in [6.07, 6.45) is 12.9. The predicted octanol–water partition coefficient (Wildman–Crippen LogP) is 5.88. The van der Waals surface area contributed by atoms with Gasteiger partial charge < -0.3 is 0 Å². The summed E-state index contributed by atoms with van der Waals surface area (Å²) < 4.78 is 0. The van der Waals surface area contributed by atoms with E-state index in [1.807, 2.05) is 24.4 Å². The highest BCUT2D eigenvalue weighted by molar-refractivity contribution is 5.40. The molecule has 2 heterocycles. The molecule has 170 valence electrons. The summed E-state index contributed by atoms with van der Waals surface area (Å²) >= 11 is 0. The van der Waals surface area contributed by atoms with Crippen LogP contribution in [0.3, 0.4) is 0 Å². The van der Waals surface area contributed by atoms with E-state index in [0.29, 0.717) is 6.42 Å². The van der Waals surface area contributed by atoms with Gasteiger partial charge in [0.1, 0.15) is 5.82 Å². The van der Waals surface area contributed by atoms with Crippen LogP contribution in [0, 0.1) is 32.1 Å². The summed E-state index contributed by atoms with van der Waals surface area (Å²) in [7, 11) is 0. The van der Waals surface area contributed by atoms with Gasteiger partial charge in [-0.3, -0.25) is 4.90 Å². The van der Waals surface area contributed by atoms with E-state index in [4.69, 9.17) is 11.4 Å². The standard InChI is InChI=1S/C30H35N3/c1-5-24-9-11-26(12-10-24)18-30-31-14-13-28(32-30)19-29-22(3)16-27(17-23(29)4)21-33-15-7-8-25(6-2)20-33/h1,9-14,16-17,25H,6-8,15,18-21H2,2-4H3. The van der Waals surface area contributed by atoms with Crippen LogP contribution in [0.1, 0.15) is 71.1 Å². The Morgan fingerprint density at radius 2 is 1.79 bits per heavy atom. The van der Waals surface area contributed by atoms with Gasteiger partial charge in [0.15, 0.2) is 0 Å². The van der Waals surface area contributed by atoms with Crippen molar-refractivity contribution in [3.05, 3.63) is 93.6 Å². The Morgan fingerprint density at radius 3 is 2.48 bits per heavy atom. The van der Waals surface area contributed by atoms with Crippen LogP contribution in [-0.4, -0.2) is 28.0 Å². The van der Waals surface area contributed by atoms with Gasteiger partial charge in [0, 0.05) is 43.4 Å². The molecule has 0 radical (unpaired) electrons. The molecule has 4 rings (SSSR count). The lowest BCUT2D eigenvalue weighted by Crippen LogP contribution is -2.34. The number of likely N-dealkylation sites (tertiary alicyclic amines) is 1. The third kappa shape index (κ3) is 6.09. The number of benzene rings is 2. The second-order valence-corrected chi connectivity index (χ2v) is 9.52. The quantitative estimate of drug-likeness (QED) is 0.432. The van der Waals surface area contributed by atoms with E-state index in [1.54, 1.807) is 0 Å². The van der Waals surface area contributed by atoms with Crippen LogP contribution in [0.15, 0.2) is 48.7 Å². The lowest BCUT2D eigenvalue weighted by Gasteiger charge is -2.32. The molecule has 33 heavy (non-hydrogen) atoms. The molecule has 0 spiro atoms. The van der Waals surface area contributed by atoms with Gasteiger partial charge in [-0.05, 0) is 85.2 Å². The van der Waals surface area contributed by atoms with Crippen molar-refractivity contribution in [3.8, 4) is 12.3 Å². The minimum absolute atomic E-state index is 0.712. The van der Waals surface area contributed by atoms with Crippen molar-refractivity contribution in [1.82, 2.24) is 14.9 Å². The first-order valence-electron chi connectivity index (χ1n) is 12.2. The fourth-order valence-corrected chi connectivity index (χ4v) is 5.05. The molecule has 1 atom stereocenters. The van der Waals surface area contributed by atoms with Crippen LogP contribution >= 0.6 is 0 Å². The number of piperidine rings is 1. The van der Waals surface area contributed by atoms with E-state index in [1.165, 1.54) is 60.2 Å². The SMILES string of the molecule is C#Cc1ccc(Cc2nccc(Cc3c(C)cc(CN4CCCC(CC)C4)cc3C)n2)cc1. The zero-order valence-electron chi connectivity index (χ0n) is 20.3. The average Bonchev–Trinajstić information content (AvgIpc) is 2.82. The Kier molecular flexibility index (Phi) is 7.57. The van der Waals surface area contributed by atoms with Crippen LogP contribution in [0.25, 0.3) is 0 Å². The zero-order valence-corrected chi connectivity index (χ0v) is 20.3. The smallest absolute Gasteiger partial charge is 0.132 e. The first-order valence-corrected chi connectivity index (χ1v) is 12.2. The molecular formula is C30H35N3. The van der Waals surface area contributed by atoms with E-state index in [9.17, 15) is 0 Å². The van der Waals surface area contributed by atoms with Crippen molar-refractivity contribution in [2.24, 2.45) is 5.92 Å². The summed E-state index contributed by atoms with van der Waals surface area (Å²) in [6.45, 7) is 10.3. The summed E-state index contributed by atoms with van der Waals surface area (Å²) in [5.74, 6) is 4.38. The highest BCUT2D eigenvalue weighted by Crippen LogP contribution is 2.24. The van der Waals surface area contributed by atoms with Crippen LogP contribution < -0.4 is 0 Å². The molecule has 2 aromatic carbocycles. The number of rotatable bonds is 7. The second-order valence-electron chi connectivity index (χ2n) is 9.52. The summed E-state index contributed by atoms with van der Waals surface area (Å²) in [6, 6.07) is 14.9. The minimum atomic E-state index is 0.712. The van der Waals surface area contributed by atoms with Gasteiger partial charge in [-0.2, -0.15) is 0 Å². The Hall–Kier alpha value is -2.96. The summed E-state index contributed by atoms with van der Waals surface area (Å²) in [5, 5.41) is 0. The highest BCUT2D eigenvalue weighted by atomic mass is 15.1. The molecule has 3 aromatic rings. The number of nitrogens with zero attached hydrogens (tertiary/aromatic N) is 3. The minimum Gasteiger partial charge on any atom is -0.299 e. The average molecular weight is 438 g/mol. The van der Waals surface area contributed by atoms with Gasteiger partial charge >= 0.3 is 0 Å². The van der Waals surface area contributed by atoms with Crippen LogP contribution in [-0.2, 0) is 19.4 Å². The molecule has 1 unspecified atom stereocenters. The molecular weight excluding hydrogens is 402 g/mol. The Bertz CT molecular complexity index is 1100. The third-order valence-corrected chi connectivity index (χ3v) is 6.95. The molecule has 1 aliphatic rings. The largest absolute Gasteiger partial charge is 0.299 e. The van der Waals surface area contributed by atoms with E-state index in [2.05, 4.69) is 60.8 Å². The number of hydrogen-bond donors (Lipinski definition) is 0. The zero-order chi connectivity index (χ0) is 23.2. The van der Waals surface area contributed by atoms with Gasteiger partial charge in [0.05, 0.1) is 0 Å². The van der Waals surface area contributed by atoms with Crippen LogP contribution in [0.2, 0.25) is 0 Å². The maximum absolute atomic E-state index is 5.46. The Labute approximate surface area is 199 Å². The molecule has 1 aromatic heterocycles. The van der Waals surface area contributed by atoms with Crippen molar-refractivity contribution >= 4 is 0 Å². The summed E-state index contributed by atoms with van der Waals surface area (Å²) in [5.41, 5.74) is 8.68. The lowest BCUT2D eigenvalue weighted by atomic mass is 9.93. The Balaban J connectivity index is 1.45. The molecule has 3 heteroatoms. The van der Waals surface area contributed by atoms with Crippen LogP contribution in [0.5, 0.6) is 0 Å². The van der Waals surface area contributed by atoms with Gasteiger partial charge in [0.25, 0.3) is 0 Å². The molecule has 0 saturated carbocycles. The number of aryl methyl sites for hydroxylation is 2. The van der Waals surface area contributed by atoms with E-state index in [0.717, 1.165) is 36.0 Å². The van der Waals surface area contributed by atoms with E-state index >= 15 is 0 Å². The normalized spacial score (nSPS) is 16.5. The fraction of sp³-hybridized carbons (Fsp3) is 0.400. The molecule has 0 N–H and O–H groups in total. The third-order valence-electron chi connectivity index (χ3n) is 6.95. The molecule has 0 amide bonds. The van der Waals surface area contributed by atoms with Gasteiger partial charge in [-0.15, -0.1) is 6.42 Å². The van der Waals surface area contributed by atoms with Gasteiger partial charge in [0.2, 0.25) is 0 Å². The van der Waals surface area contributed by atoms with Crippen molar-refractivity contribution < 1.29 is 0 Å². The topological polar surface area (TPSA) is 29.0 Å². The van der Waals surface area contributed by atoms with Crippen molar-refractivity contribution in [2.45, 2.75) is 59.4 Å². The first kappa shape index (κ1) is 23.2. The molecule has 1 aliphatic heterocycles. The van der Waals surface area contributed by atoms with Gasteiger partial charge in [-0.25, -0.2) is 9.97 Å². The van der Waals surface area contributed by atoms with Crippen LogP contribution in [0.4, 0.5) is 0 Å². The monoisotopic (exact) mass is 437 g/mol. The summed E-state index contributed by atoms with van der Waals surface area (Å²) in [4.78, 5) is 12.0. The molecule has 0 aliphatic carbocycles. The number of terminal acetylenes is 1. The highest BCUT2D eigenvalue weighted by Gasteiger charge is 2.19. The molecule has 1 fully saturated rings. The molecule has 1 saturated heterocycles. The van der Waals surface area contributed by atoms with E-state index < -0.39 is 0 Å². The first-order chi connectivity index (χ1) is 16.0. The van der Waals surface area contributed by atoms with Crippen molar-refractivity contribution in [3.63, 3.8) is 0 Å². The molecule has 0 bridgehead atoms. The fourth-order valence-electron chi connectivity index (χ4n) is 5.05. The Morgan fingerprint density at radius 1 is 1.03 bits per heavy atom. The number of aromatic nitrogens is 2. The van der Waals surface area contributed by atoms with Gasteiger partial charge in [-0.1, -0.05) is 43.5 Å². The lowest BCUT2D eigenvalue weighted by molar-refractivity contribution is 0.164. The van der Waals surface area contributed by atoms with Crippen molar-refractivity contribution in [1.29, 1.82) is 0 Å². The predicted molar refractivity (Wildman–Crippen MR) is 136 cm³/mol. The van der Waals surface area contributed by atoms with E-state index in [-0.39, 0.29) is 0 Å².